The van der Waals surface area contributed by atoms with Gasteiger partial charge in [0.25, 0.3) is 0 Å². The Bertz CT molecular complexity index is 443. The van der Waals surface area contributed by atoms with Gasteiger partial charge >= 0.3 is 0 Å². The zero-order chi connectivity index (χ0) is 14.7. The Hall–Kier alpha value is -0.610. The second-order valence-electron chi connectivity index (χ2n) is 6.38. The van der Waals surface area contributed by atoms with Gasteiger partial charge in [0.1, 0.15) is 5.82 Å². The van der Waals surface area contributed by atoms with Gasteiger partial charge in [-0.05, 0) is 54.1 Å². The average Bonchev–Trinajstić information content (AvgIpc) is 3.19. The summed E-state index contributed by atoms with van der Waals surface area (Å²) in [4.78, 5) is 6.96. The third-order valence-electron chi connectivity index (χ3n) is 3.88. The molecular formula is C16H26BrN3. The minimum absolute atomic E-state index is 0.503. The molecule has 1 heterocycles. The summed E-state index contributed by atoms with van der Waals surface area (Å²) in [6.07, 6.45) is 5.71. The lowest BCUT2D eigenvalue weighted by Crippen LogP contribution is -2.32. The van der Waals surface area contributed by atoms with E-state index in [4.69, 9.17) is 0 Å². The Balaban J connectivity index is 2.11. The molecule has 1 saturated carbocycles. The normalized spacial score (nSPS) is 16.5. The van der Waals surface area contributed by atoms with Gasteiger partial charge in [0, 0.05) is 41.9 Å². The van der Waals surface area contributed by atoms with Crippen molar-refractivity contribution in [3.8, 4) is 0 Å². The van der Waals surface area contributed by atoms with Crippen molar-refractivity contribution in [2.24, 2.45) is 5.92 Å². The van der Waals surface area contributed by atoms with Crippen LogP contribution in [-0.4, -0.2) is 24.1 Å². The number of rotatable bonds is 7. The van der Waals surface area contributed by atoms with Crippen LogP contribution < -0.4 is 10.2 Å². The van der Waals surface area contributed by atoms with Gasteiger partial charge in [0.05, 0.1) is 0 Å². The van der Waals surface area contributed by atoms with Gasteiger partial charge in [-0.3, -0.25) is 0 Å². The fourth-order valence-electron chi connectivity index (χ4n) is 2.51. The molecule has 0 aliphatic heterocycles. The minimum Gasteiger partial charge on any atom is -0.357 e. The van der Waals surface area contributed by atoms with E-state index >= 15 is 0 Å². The highest BCUT2D eigenvalue weighted by molar-refractivity contribution is 9.10. The summed E-state index contributed by atoms with van der Waals surface area (Å²) in [6, 6.07) is 3.42. The van der Waals surface area contributed by atoms with Crippen LogP contribution in [0.15, 0.2) is 16.7 Å². The van der Waals surface area contributed by atoms with E-state index in [9.17, 15) is 0 Å². The molecule has 1 N–H and O–H groups in total. The molecule has 4 heteroatoms. The lowest BCUT2D eigenvalue weighted by Gasteiger charge is -2.29. The quantitative estimate of drug-likeness (QED) is 0.814. The summed E-state index contributed by atoms with van der Waals surface area (Å²) >= 11 is 3.54. The Morgan fingerprint density at radius 3 is 2.70 bits per heavy atom. The van der Waals surface area contributed by atoms with Gasteiger partial charge in [-0.2, -0.15) is 0 Å². The Labute approximate surface area is 131 Å². The molecule has 112 valence electrons. The van der Waals surface area contributed by atoms with Crippen molar-refractivity contribution < 1.29 is 0 Å². The summed E-state index contributed by atoms with van der Waals surface area (Å²) in [6.45, 7) is 7.73. The standard InChI is InChI=1S/C16H26BrN3/c1-11(2)7-12(3)20(4)16-13(8-14(17)10-19-16)9-18-15-5-6-15/h8,10-12,15,18H,5-7,9H2,1-4H3. The van der Waals surface area contributed by atoms with E-state index < -0.39 is 0 Å². The SMILES string of the molecule is CC(C)CC(C)N(C)c1ncc(Br)cc1CNC1CC1. The van der Waals surface area contributed by atoms with Crippen LogP contribution in [0.25, 0.3) is 0 Å². The van der Waals surface area contributed by atoms with Crippen LogP contribution in [0, 0.1) is 5.92 Å². The lowest BCUT2D eigenvalue weighted by molar-refractivity contribution is 0.500. The van der Waals surface area contributed by atoms with Crippen LogP contribution in [0.3, 0.4) is 0 Å². The zero-order valence-electron chi connectivity index (χ0n) is 13.0. The van der Waals surface area contributed by atoms with Crippen molar-refractivity contribution >= 4 is 21.7 Å². The Morgan fingerprint density at radius 2 is 2.10 bits per heavy atom. The zero-order valence-corrected chi connectivity index (χ0v) is 14.6. The molecule has 2 rings (SSSR count). The smallest absolute Gasteiger partial charge is 0.133 e. The molecular weight excluding hydrogens is 314 g/mol. The van der Waals surface area contributed by atoms with E-state index in [0.29, 0.717) is 12.0 Å². The van der Waals surface area contributed by atoms with Gasteiger partial charge in [-0.15, -0.1) is 0 Å². The fraction of sp³-hybridized carbons (Fsp3) is 0.688. The van der Waals surface area contributed by atoms with Gasteiger partial charge in [-0.1, -0.05) is 13.8 Å². The van der Waals surface area contributed by atoms with E-state index in [2.05, 4.69) is 65.0 Å². The molecule has 0 bridgehead atoms. The number of anilines is 1. The monoisotopic (exact) mass is 339 g/mol. The molecule has 1 aliphatic carbocycles. The van der Waals surface area contributed by atoms with Crippen molar-refractivity contribution in [1.82, 2.24) is 10.3 Å². The van der Waals surface area contributed by atoms with Crippen molar-refractivity contribution in [3.05, 3.63) is 22.3 Å². The summed E-state index contributed by atoms with van der Waals surface area (Å²) in [5.74, 6) is 1.81. The maximum atomic E-state index is 4.64. The third-order valence-corrected chi connectivity index (χ3v) is 4.31. The molecule has 1 aromatic rings. The van der Waals surface area contributed by atoms with E-state index in [-0.39, 0.29) is 0 Å². The molecule has 1 aromatic heterocycles. The number of halogens is 1. The first-order valence-corrected chi connectivity index (χ1v) is 8.37. The molecule has 0 radical (unpaired) electrons. The fourth-order valence-corrected chi connectivity index (χ4v) is 2.89. The van der Waals surface area contributed by atoms with Crippen LogP contribution in [0.2, 0.25) is 0 Å². The van der Waals surface area contributed by atoms with Gasteiger partial charge < -0.3 is 10.2 Å². The summed E-state index contributed by atoms with van der Waals surface area (Å²) in [7, 11) is 2.16. The lowest BCUT2D eigenvalue weighted by atomic mass is 10.0. The second kappa shape index (κ2) is 6.90. The van der Waals surface area contributed by atoms with Crippen LogP contribution in [0.4, 0.5) is 5.82 Å². The number of aromatic nitrogens is 1. The molecule has 1 atom stereocenters. The van der Waals surface area contributed by atoms with E-state index in [1.807, 2.05) is 6.20 Å². The van der Waals surface area contributed by atoms with Crippen molar-refractivity contribution in [2.75, 3.05) is 11.9 Å². The number of pyridine rings is 1. The summed E-state index contributed by atoms with van der Waals surface area (Å²) in [5.41, 5.74) is 1.28. The molecule has 1 fully saturated rings. The van der Waals surface area contributed by atoms with Crippen molar-refractivity contribution in [2.45, 2.75) is 58.7 Å². The van der Waals surface area contributed by atoms with Gasteiger partial charge in [0.15, 0.2) is 0 Å². The molecule has 1 aliphatic rings. The number of nitrogens with zero attached hydrogens (tertiary/aromatic N) is 2. The first kappa shape index (κ1) is 15.8. The highest BCUT2D eigenvalue weighted by Crippen LogP contribution is 2.26. The molecule has 0 saturated heterocycles. The number of hydrogen-bond acceptors (Lipinski definition) is 3. The number of hydrogen-bond donors (Lipinski definition) is 1. The van der Waals surface area contributed by atoms with E-state index in [1.54, 1.807) is 0 Å². The first-order valence-electron chi connectivity index (χ1n) is 7.58. The molecule has 3 nitrogen and oxygen atoms in total. The van der Waals surface area contributed by atoms with Crippen molar-refractivity contribution in [1.29, 1.82) is 0 Å². The largest absolute Gasteiger partial charge is 0.357 e. The second-order valence-corrected chi connectivity index (χ2v) is 7.30. The highest BCUT2D eigenvalue weighted by atomic mass is 79.9. The molecule has 0 amide bonds. The molecule has 0 spiro atoms. The molecule has 1 unspecified atom stereocenters. The van der Waals surface area contributed by atoms with Crippen LogP contribution in [-0.2, 0) is 6.54 Å². The third kappa shape index (κ3) is 4.45. The van der Waals surface area contributed by atoms with E-state index in [1.165, 1.54) is 24.8 Å². The summed E-state index contributed by atoms with van der Waals surface area (Å²) in [5, 5.41) is 3.59. The topological polar surface area (TPSA) is 28.2 Å². The van der Waals surface area contributed by atoms with Crippen LogP contribution in [0.5, 0.6) is 0 Å². The summed E-state index contributed by atoms with van der Waals surface area (Å²) < 4.78 is 1.05. The predicted octanol–water partition coefficient (Wildman–Crippen LogP) is 3.97. The average molecular weight is 340 g/mol. The van der Waals surface area contributed by atoms with Gasteiger partial charge in [-0.25, -0.2) is 4.98 Å². The number of nitrogens with one attached hydrogen (secondary N) is 1. The van der Waals surface area contributed by atoms with Crippen LogP contribution in [0.1, 0.15) is 45.6 Å². The minimum atomic E-state index is 0.503. The Morgan fingerprint density at radius 1 is 1.40 bits per heavy atom. The maximum Gasteiger partial charge on any atom is 0.133 e. The van der Waals surface area contributed by atoms with Crippen molar-refractivity contribution in [3.63, 3.8) is 0 Å². The van der Waals surface area contributed by atoms with Gasteiger partial charge in [0.2, 0.25) is 0 Å². The predicted molar refractivity (Wildman–Crippen MR) is 89.1 cm³/mol. The molecule has 20 heavy (non-hydrogen) atoms. The highest BCUT2D eigenvalue weighted by Gasteiger charge is 2.22. The Kier molecular flexibility index (Phi) is 5.44. The maximum absolute atomic E-state index is 4.64. The van der Waals surface area contributed by atoms with Crippen LogP contribution >= 0.6 is 15.9 Å². The van der Waals surface area contributed by atoms with E-state index in [0.717, 1.165) is 22.9 Å². The molecule has 0 aromatic carbocycles. The first-order chi connectivity index (χ1) is 9.47.